The number of pyridine rings is 1. The molecule has 2 heterocycles. The number of carbonyl (C=O) groups is 1. The van der Waals surface area contributed by atoms with Gasteiger partial charge in [-0.3, -0.25) is 14.2 Å². The number of carbonyl (C=O) groups excluding carboxylic acids is 1. The number of aryl methyl sites for hydroxylation is 1. The van der Waals surface area contributed by atoms with E-state index in [2.05, 4.69) is 15.3 Å². The molecule has 0 fully saturated rings. The van der Waals surface area contributed by atoms with Crippen LogP contribution >= 0.6 is 0 Å². The van der Waals surface area contributed by atoms with E-state index in [1.165, 1.54) is 16.7 Å². The lowest BCUT2D eigenvalue weighted by Crippen LogP contribution is -2.22. The van der Waals surface area contributed by atoms with Crippen LogP contribution in [0.2, 0.25) is 0 Å². The predicted molar refractivity (Wildman–Crippen MR) is 109 cm³/mol. The lowest BCUT2D eigenvalue weighted by atomic mass is 10.1. The van der Waals surface area contributed by atoms with E-state index in [0.717, 1.165) is 12.1 Å². The Bertz CT molecular complexity index is 1350. The highest BCUT2D eigenvalue weighted by molar-refractivity contribution is 6.04. The maximum Gasteiger partial charge on any atom is 0.416 e. The summed E-state index contributed by atoms with van der Waals surface area (Å²) in [7, 11) is 0. The van der Waals surface area contributed by atoms with Crippen LogP contribution in [0.25, 0.3) is 16.7 Å². The van der Waals surface area contributed by atoms with Crippen LogP contribution in [-0.2, 0) is 6.18 Å². The number of alkyl halides is 3. The molecular weight excluding hydrogens is 409 g/mol. The number of nitrogens with zero attached hydrogens (tertiary/aromatic N) is 3. The number of hydrogen-bond acceptors (Lipinski definition) is 4. The third kappa shape index (κ3) is 4.02. The van der Waals surface area contributed by atoms with Crippen molar-refractivity contribution in [2.75, 3.05) is 5.32 Å². The molecule has 4 aromatic rings. The predicted octanol–water partition coefficient (Wildman–Crippen LogP) is 4.36. The minimum absolute atomic E-state index is 0.114. The van der Waals surface area contributed by atoms with Gasteiger partial charge in [-0.2, -0.15) is 13.2 Å². The van der Waals surface area contributed by atoms with Crippen LogP contribution in [0.5, 0.6) is 0 Å². The van der Waals surface area contributed by atoms with Crippen molar-refractivity contribution in [1.82, 2.24) is 14.5 Å². The van der Waals surface area contributed by atoms with Gasteiger partial charge in [-0.15, -0.1) is 0 Å². The van der Waals surface area contributed by atoms with Gasteiger partial charge in [-0.05, 0) is 61.5 Å². The molecule has 2 aromatic carbocycles. The van der Waals surface area contributed by atoms with E-state index in [4.69, 9.17) is 0 Å². The number of amides is 1. The highest BCUT2D eigenvalue weighted by atomic mass is 19.4. The molecule has 6 nitrogen and oxygen atoms in total. The molecule has 0 aliphatic heterocycles. The second-order valence-corrected chi connectivity index (χ2v) is 6.75. The van der Waals surface area contributed by atoms with Crippen molar-refractivity contribution < 1.29 is 18.0 Å². The highest BCUT2D eigenvalue weighted by Crippen LogP contribution is 2.29. The molecule has 0 atom stereocenters. The minimum Gasteiger partial charge on any atom is -0.322 e. The molecule has 0 spiro atoms. The number of anilines is 1. The van der Waals surface area contributed by atoms with E-state index in [1.54, 1.807) is 49.5 Å². The van der Waals surface area contributed by atoms with Gasteiger partial charge in [0, 0.05) is 17.4 Å². The first-order valence-corrected chi connectivity index (χ1v) is 9.17. The number of fused-ring (bicyclic) bond motifs is 1. The van der Waals surface area contributed by atoms with Crippen LogP contribution in [0.4, 0.5) is 18.9 Å². The van der Waals surface area contributed by atoms with Crippen molar-refractivity contribution in [2.24, 2.45) is 0 Å². The summed E-state index contributed by atoms with van der Waals surface area (Å²) in [5.74, 6) is -0.234. The SMILES string of the molecule is Cc1nc2ncccc2c(=O)n1-c1ccc(NC(=O)c2cccc(C(F)(F)F)c2)cc1. The molecule has 31 heavy (non-hydrogen) atoms. The van der Waals surface area contributed by atoms with Crippen LogP contribution in [0.15, 0.2) is 71.7 Å². The molecule has 1 N–H and O–H groups in total. The summed E-state index contributed by atoms with van der Waals surface area (Å²) in [5, 5.41) is 2.93. The Morgan fingerprint density at radius 3 is 2.48 bits per heavy atom. The van der Waals surface area contributed by atoms with Gasteiger partial charge in [-0.25, -0.2) is 9.97 Å². The summed E-state index contributed by atoms with van der Waals surface area (Å²) >= 11 is 0. The molecular formula is C22H15F3N4O2. The number of nitrogens with one attached hydrogen (secondary N) is 1. The van der Waals surface area contributed by atoms with Crippen molar-refractivity contribution in [1.29, 1.82) is 0 Å². The monoisotopic (exact) mass is 424 g/mol. The van der Waals surface area contributed by atoms with E-state index < -0.39 is 17.6 Å². The van der Waals surface area contributed by atoms with Crippen molar-refractivity contribution in [3.05, 3.63) is 94.2 Å². The Balaban J connectivity index is 1.61. The van der Waals surface area contributed by atoms with E-state index in [1.807, 2.05) is 0 Å². The third-order valence-corrected chi connectivity index (χ3v) is 4.65. The number of rotatable bonds is 3. The lowest BCUT2D eigenvalue weighted by molar-refractivity contribution is -0.137. The molecule has 0 saturated heterocycles. The fraction of sp³-hybridized carbons (Fsp3) is 0.0909. The Morgan fingerprint density at radius 1 is 1.03 bits per heavy atom. The molecule has 0 radical (unpaired) electrons. The van der Waals surface area contributed by atoms with Crippen LogP contribution in [0.3, 0.4) is 0 Å². The first kappa shape index (κ1) is 20.3. The number of hydrogen-bond donors (Lipinski definition) is 1. The number of halogens is 3. The lowest BCUT2D eigenvalue weighted by Gasteiger charge is -2.12. The Kier molecular flexibility index (Phi) is 5.02. The summed E-state index contributed by atoms with van der Waals surface area (Å²) in [5.41, 5.74) is -0.0477. The molecule has 4 rings (SSSR count). The second-order valence-electron chi connectivity index (χ2n) is 6.75. The van der Waals surface area contributed by atoms with Crippen molar-refractivity contribution >= 4 is 22.6 Å². The van der Waals surface area contributed by atoms with Gasteiger partial charge in [0.15, 0.2) is 5.65 Å². The maximum absolute atomic E-state index is 12.9. The van der Waals surface area contributed by atoms with E-state index in [9.17, 15) is 22.8 Å². The van der Waals surface area contributed by atoms with Gasteiger partial charge in [0.2, 0.25) is 0 Å². The van der Waals surface area contributed by atoms with Crippen LogP contribution in [0, 0.1) is 6.92 Å². The first-order valence-electron chi connectivity index (χ1n) is 9.17. The Morgan fingerprint density at radius 2 is 1.77 bits per heavy atom. The topological polar surface area (TPSA) is 76.9 Å². The zero-order valence-electron chi connectivity index (χ0n) is 16.1. The van der Waals surface area contributed by atoms with E-state index in [0.29, 0.717) is 28.2 Å². The van der Waals surface area contributed by atoms with Gasteiger partial charge in [0.05, 0.1) is 16.6 Å². The van der Waals surface area contributed by atoms with E-state index in [-0.39, 0.29) is 11.1 Å². The highest BCUT2D eigenvalue weighted by Gasteiger charge is 2.30. The summed E-state index contributed by atoms with van der Waals surface area (Å²) in [4.78, 5) is 33.6. The largest absolute Gasteiger partial charge is 0.416 e. The maximum atomic E-state index is 12.9. The number of benzene rings is 2. The van der Waals surface area contributed by atoms with Crippen molar-refractivity contribution in [3.63, 3.8) is 0 Å². The van der Waals surface area contributed by atoms with E-state index >= 15 is 0 Å². The van der Waals surface area contributed by atoms with Gasteiger partial charge in [-0.1, -0.05) is 6.07 Å². The average Bonchev–Trinajstić information content (AvgIpc) is 2.74. The zero-order valence-corrected chi connectivity index (χ0v) is 16.1. The molecule has 0 unspecified atom stereocenters. The summed E-state index contributed by atoms with van der Waals surface area (Å²) in [6, 6.07) is 13.8. The molecule has 0 bridgehead atoms. The smallest absolute Gasteiger partial charge is 0.322 e. The zero-order chi connectivity index (χ0) is 22.2. The fourth-order valence-electron chi connectivity index (χ4n) is 3.16. The van der Waals surface area contributed by atoms with Crippen molar-refractivity contribution in [2.45, 2.75) is 13.1 Å². The average molecular weight is 424 g/mol. The standard InChI is InChI=1S/C22H15F3N4O2/c1-13-27-19-18(6-3-11-26-19)21(31)29(13)17-9-7-16(8-10-17)28-20(30)14-4-2-5-15(12-14)22(23,24)25/h2-12H,1H3,(H,28,30). The molecule has 0 aliphatic carbocycles. The molecule has 2 aromatic heterocycles. The normalized spacial score (nSPS) is 11.5. The molecule has 0 saturated carbocycles. The molecule has 0 aliphatic rings. The summed E-state index contributed by atoms with van der Waals surface area (Å²) in [6.45, 7) is 1.68. The fourth-order valence-corrected chi connectivity index (χ4v) is 3.16. The van der Waals surface area contributed by atoms with Crippen LogP contribution in [0.1, 0.15) is 21.7 Å². The molecule has 1 amide bonds. The molecule has 9 heteroatoms. The van der Waals surface area contributed by atoms with Crippen LogP contribution < -0.4 is 10.9 Å². The van der Waals surface area contributed by atoms with Gasteiger partial charge >= 0.3 is 6.18 Å². The van der Waals surface area contributed by atoms with Crippen molar-refractivity contribution in [3.8, 4) is 5.69 Å². The first-order chi connectivity index (χ1) is 14.7. The van der Waals surface area contributed by atoms with Gasteiger partial charge in [0.1, 0.15) is 5.82 Å². The minimum atomic E-state index is -4.54. The summed E-state index contributed by atoms with van der Waals surface area (Å²) in [6.07, 6.45) is -2.98. The summed E-state index contributed by atoms with van der Waals surface area (Å²) < 4.78 is 40.0. The third-order valence-electron chi connectivity index (χ3n) is 4.65. The quantitative estimate of drug-likeness (QED) is 0.530. The Labute approximate surface area is 174 Å². The Hall–Kier alpha value is -4.01. The van der Waals surface area contributed by atoms with Crippen LogP contribution in [-0.4, -0.2) is 20.4 Å². The second kappa shape index (κ2) is 7.67. The number of aromatic nitrogens is 3. The van der Waals surface area contributed by atoms with Gasteiger partial charge < -0.3 is 5.32 Å². The van der Waals surface area contributed by atoms with Gasteiger partial charge in [0.25, 0.3) is 11.5 Å². The molecule has 156 valence electrons.